The molecule has 0 spiro atoms. The van der Waals surface area contributed by atoms with Gasteiger partial charge in [-0.05, 0) is 29.8 Å². The molecule has 0 aliphatic heterocycles. The zero-order chi connectivity index (χ0) is 14.7. The standard InChI is InChI=1S/C16H13ClN4/c17-12-8-6-11(7-9-12)14-10-19-16(21-15(14)18)20-13-4-2-1-3-5-13/h1-10H,(H3,18,19,20,21). The molecule has 0 aliphatic carbocycles. The first-order valence-corrected chi connectivity index (χ1v) is 6.81. The van der Waals surface area contributed by atoms with Gasteiger partial charge >= 0.3 is 0 Å². The molecular weight excluding hydrogens is 284 g/mol. The van der Waals surface area contributed by atoms with Gasteiger partial charge in [0.15, 0.2) is 0 Å². The molecule has 3 rings (SSSR count). The van der Waals surface area contributed by atoms with Crippen molar-refractivity contribution in [2.75, 3.05) is 11.1 Å². The highest BCUT2D eigenvalue weighted by Crippen LogP contribution is 2.26. The second kappa shape index (κ2) is 5.81. The van der Waals surface area contributed by atoms with Crippen LogP contribution >= 0.6 is 11.6 Å². The first kappa shape index (κ1) is 13.4. The summed E-state index contributed by atoms with van der Waals surface area (Å²) in [7, 11) is 0. The van der Waals surface area contributed by atoms with E-state index >= 15 is 0 Å². The number of nitrogens with zero attached hydrogens (tertiary/aromatic N) is 2. The van der Waals surface area contributed by atoms with Crippen molar-refractivity contribution in [3.63, 3.8) is 0 Å². The van der Waals surface area contributed by atoms with E-state index in [0.29, 0.717) is 16.8 Å². The van der Waals surface area contributed by atoms with E-state index in [-0.39, 0.29) is 0 Å². The highest BCUT2D eigenvalue weighted by Gasteiger charge is 2.07. The fourth-order valence-electron chi connectivity index (χ4n) is 1.96. The average Bonchev–Trinajstić information content (AvgIpc) is 2.50. The molecule has 5 heteroatoms. The van der Waals surface area contributed by atoms with Crippen LogP contribution in [0.2, 0.25) is 5.02 Å². The summed E-state index contributed by atoms with van der Waals surface area (Å²) < 4.78 is 0. The number of aromatic nitrogens is 2. The Hall–Kier alpha value is -2.59. The molecule has 4 nitrogen and oxygen atoms in total. The van der Waals surface area contributed by atoms with E-state index in [9.17, 15) is 0 Å². The summed E-state index contributed by atoms with van der Waals surface area (Å²) in [6.07, 6.45) is 1.71. The van der Waals surface area contributed by atoms with Gasteiger partial charge in [0.05, 0.1) is 0 Å². The van der Waals surface area contributed by atoms with Crippen LogP contribution in [0.25, 0.3) is 11.1 Å². The number of hydrogen-bond acceptors (Lipinski definition) is 4. The molecule has 1 heterocycles. The van der Waals surface area contributed by atoms with Crippen molar-refractivity contribution in [1.29, 1.82) is 0 Å². The molecule has 0 unspecified atom stereocenters. The van der Waals surface area contributed by atoms with E-state index in [0.717, 1.165) is 16.8 Å². The summed E-state index contributed by atoms with van der Waals surface area (Å²) in [6, 6.07) is 17.1. The molecule has 2 aromatic carbocycles. The second-order valence-electron chi connectivity index (χ2n) is 4.49. The lowest BCUT2D eigenvalue weighted by Gasteiger charge is -2.08. The van der Waals surface area contributed by atoms with Gasteiger partial charge in [0.1, 0.15) is 5.82 Å². The number of nitrogen functional groups attached to an aromatic ring is 1. The molecule has 0 amide bonds. The van der Waals surface area contributed by atoms with E-state index in [1.54, 1.807) is 6.20 Å². The maximum Gasteiger partial charge on any atom is 0.229 e. The molecule has 3 aromatic rings. The predicted molar refractivity (Wildman–Crippen MR) is 86.6 cm³/mol. The molecule has 0 aliphatic rings. The molecule has 0 saturated carbocycles. The maximum absolute atomic E-state index is 6.02. The fraction of sp³-hybridized carbons (Fsp3) is 0. The lowest BCUT2D eigenvalue weighted by molar-refractivity contribution is 1.18. The maximum atomic E-state index is 6.02. The summed E-state index contributed by atoms with van der Waals surface area (Å²) in [4.78, 5) is 8.59. The molecule has 104 valence electrons. The Morgan fingerprint density at radius 1 is 0.952 bits per heavy atom. The van der Waals surface area contributed by atoms with E-state index in [2.05, 4.69) is 15.3 Å². The normalized spacial score (nSPS) is 10.3. The fourth-order valence-corrected chi connectivity index (χ4v) is 2.08. The SMILES string of the molecule is Nc1nc(Nc2ccccc2)ncc1-c1ccc(Cl)cc1. The lowest BCUT2D eigenvalue weighted by atomic mass is 10.1. The van der Waals surface area contributed by atoms with Gasteiger partial charge in [0, 0.05) is 22.5 Å². The van der Waals surface area contributed by atoms with Crippen LogP contribution in [0.1, 0.15) is 0 Å². The van der Waals surface area contributed by atoms with Gasteiger partial charge in [-0.1, -0.05) is 41.9 Å². The number of benzene rings is 2. The summed E-state index contributed by atoms with van der Waals surface area (Å²) in [6.45, 7) is 0. The molecule has 0 atom stereocenters. The molecule has 0 bridgehead atoms. The Bertz CT molecular complexity index is 742. The largest absolute Gasteiger partial charge is 0.383 e. The first-order chi connectivity index (χ1) is 10.2. The molecule has 0 fully saturated rings. The topological polar surface area (TPSA) is 63.8 Å². The summed E-state index contributed by atoms with van der Waals surface area (Å²) >= 11 is 5.88. The van der Waals surface area contributed by atoms with Gasteiger partial charge < -0.3 is 11.1 Å². The molecule has 1 aromatic heterocycles. The van der Waals surface area contributed by atoms with Crippen molar-refractivity contribution in [3.05, 3.63) is 65.8 Å². The number of nitrogens with two attached hydrogens (primary N) is 1. The number of nitrogens with one attached hydrogen (secondary N) is 1. The second-order valence-corrected chi connectivity index (χ2v) is 4.93. The molecule has 3 N–H and O–H groups in total. The van der Waals surface area contributed by atoms with Crippen molar-refractivity contribution in [1.82, 2.24) is 9.97 Å². The third-order valence-corrected chi connectivity index (χ3v) is 3.26. The average molecular weight is 297 g/mol. The van der Waals surface area contributed by atoms with Gasteiger partial charge in [0.25, 0.3) is 0 Å². The van der Waals surface area contributed by atoms with Crippen LogP contribution in [-0.2, 0) is 0 Å². The lowest BCUT2D eigenvalue weighted by Crippen LogP contribution is -2.01. The zero-order valence-corrected chi connectivity index (χ0v) is 11.9. The van der Waals surface area contributed by atoms with Crippen molar-refractivity contribution >= 4 is 29.1 Å². The van der Waals surface area contributed by atoms with Crippen LogP contribution < -0.4 is 11.1 Å². The molecule has 21 heavy (non-hydrogen) atoms. The molecule has 0 radical (unpaired) electrons. The number of para-hydroxylation sites is 1. The summed E-state index contributed by atoms with van der Waals surface area (Å²) in [5, 5.41) is 3.79. The van der Waals surface area contributed by atoms with Gasteiger partial charge in [0.2, 0.25) is 5.95 Å². The van der Waals surface area contributed by atoms with Crippen LogP contribution in [0.3, 0.4) is 0 Å². The zero-order valence-electron chi connectivity index (χ0n) is 11.1. The minimum absolute atomic E-state index is 0.422. The van der Waals surface area contributed by atoms with Gasteiger partial charge in [-0.3, -0.25) is 0 Å². The van der Waals surface area contributed by atoms with Crippen molar-refractivity contribution in [2.24, 2.45) is 0 Å². The Morgan fingerprint density at radius 3 is 2.33 bits per heavy atom. The van der Waals surface area contributed by atoms with E-state index < -0.39 is 0 Å². The van der Waals surface area contributed by atoms with Crippen molar-refractivity contribution < 1.29 is 0 Å². The van der Waals surface area contributed by atoms with Gasteiger partial charge in [-0.15, -0.1) is 0 Å². The first-order valence-electron chi connectivity index (χ1n) is 6.43. The quantitative estimate of drug-likeness (QED) is 0.763. The predicted octanol–water partition coefficient (Wildman–Crippen LogP) is 4.12. The Morgan fingerprint density at radius 2 is 1.67 bits per heavy atom. The third-order valence-electron chi connectivity index (χ3n) is 3.00. The summed E-state index contributed by atoms with van der Waals surface area (Å²) in [5.41, 5.74) is 8.65. The Kier molecular flexibility index (Phi) is 3.71. The third kappa shape index (κ3) is 3.12. The Balaban J connectivity index is 1.88. The highest BCUT2D eigenvalue weighted by molar-refractivity contribution is 6.30. The monoisotopic (exact) mass is 296 g/mol. The van der Waals surface area contributed by atoms with Crippen LogP contribution in [-0.4, -0.2) is 9.97 Å². The number of halogens is 1. The minimum atomic E-state index is 0.422. The van der Waals surface area contributed by atoms with Crippen molar-refractivity contribution in [3.8, 4) is 11.1 Å². The highest BCUT2D eigenvalue weighted by atomic mass is 35.5. The van der Waals surface area contributed by atoms with Crippen LogP contribution in [0.5, 0.6) is 0 Å². The number of rotatable bonds is 3. The van der Waals surface area contributed by atoms with Crippen LogP contribution in [0.4, 0.5) is 17.5 Å². The Labute approximate surface area is 127 Å². The van der Waals surface area contributed by atoms with E-state index in [1.807, 2.05) is 54.6 Å². The van der Waals surface area contributed by atoms with Gasteiger partial charge in [-0.2, -0.15) is 4.98 Å². The van der Waals surface area contributed by atoms with E-state index in [4.69, 9.17) is 17.3 Å². The molecule has 0 saturated heterocycles. The van der Waals surface area contributed by atoms with Crippen LogP contribution in [0, 0.1) is 0 Å². The van der Waals surface area contributed by atoms with E-state index in [1.165, 1.54) is 0 Å². The number of anilines is 3. The minimum Gasteiger partial charge on any atom is -0.383 e. The smallest absolute Gasteiger partial charge is 0.229 e. The number of hydrogen-bond donors (Lipinski definition) is 2. The van der Waals surface area contributed by atoms with Crippen molar-refractivity contribution in [2.45, 2.75) is 0 Å². The molecular formula is C16H13ClN4. The summed E-state index contributed by atoms with van der Waals surface area (Å²) in [5.74, 6) is 0.891. The van der Waals surface area contributed by atoms with Gasteiger partial charge in [-0.25, -0.2) is 4.98 Å². The van der Waals surface area contributed by atoms with Crippen LogP contribution in [0.15, 0.2) is 60.8 Å².